The van der Waals surface area contributed by atoms with Crippen LogP contribution in [0.25, 0.3) is 0 Å². The summed E-state index contributed by atoms with van der Waals surface area (Å²) in [6.45, 7) is 7.78. The lowest BCUT2D eigenvalue weighted by molar-refractivity contribution is -0.120. The fourth-order valence-corrected chi connectivity index (χ4v) is 5.93. The second-order valence-corrected chi connectivity index (χ2v) is 9.76. The van der Waals surface area contributed by atoms with Crippen LogP contribution in [0.2, 0.25) is 0 Å². The lowest BCUT2D eigenvalue weighted by Crippen LogP contribution is -2.42. The second-order valence-electron chi connectivity index (χ2n) is 7.88. The van der Waals surface area contributed by atoms with Crippen LogP contribution in [-0.2, 0) is 14.8 Å². The number of nitrogens with zero attached hydrogens (tertiary/aromatic N) is 1. The molecule has 30 heavy (non-hydrogen) atoms. The topological polar surface area (TPSA) is 66.5 Å². The van der Waals surface area contributed by atoms with Crippen molar-refractivity contribution in [1.29, 1.82) is 0 Å². The van der Waals surface area contributed by atoms with Gasteiger partial charge in [-0.3, -0.25) is 4.79 Å². The van der Waals surface area contributed by atoms with Crippen molar-refractivity contribution < 1.29 is 22.0 Å². The molecule has 162 valence electrons. The first-order valence-electron chi connectivity index (χ1n) is 9.86. The van der Waals surface area contributed by atoms with Crippen LogP contribution in [0, 0.1) is 45.2 Å². The summed E-state index contributed by atoms with van der Waals surface area (Å²) in [4.78, 5) is 12.8. The third-order valence-corrected chi connectivity index (χ3v) is 8.08. The number of rotatable bonds is 4. The Kier molecular flexibility index (Phi) is 6.29. The molecular formula is C22H26F2N2O3S. The van der Waals surface area contributed by atoms with Crippen molar-refractivity contribution in [2.45, 2.75) is 45.4 Å². The molecule has 1 saturated heterocycles. The minimum atomic E-state index is -3.70. The fraction of sp³-hybridized carbons (Fsp3) is 0.409. The molecule has 1 heterocycles. The molecule has 1 aliphatic heterocycles. The number of piperidine rings is 1. The molecular weight excluding hydrogens is 410 g/mol. The number of anilines is 1. The number of aryl methyl sites for hydroxylation is 2. The number of carbonyl (C=O) groups is 1. The van der Waals surface area contributed by atoms with Gasteiger partial charge in [-0.05, 0) is 74.9 Å². The molecule has 0 atom stereocenters. The van der Waals surface area contributed by atoms with Crippen LogP contribution in [0.3, 0.4) is 0 Å². The maximum atomic E-state index is 13.8. The van der Waals surface area contributed by atoms with Gasteiger partial charge in [-0.25, -0.2) is 17.2 Å². The standard InChI is InChI=1S/C22H26F2N2O3S/c1-13-11-14(2)16(4)21(15(13)3)30(28,29)26-9-7-17(8-10-26)22(27)25-20-12-18(23)5-6-19(20)24/h5-6,11-12,17H,7-10H2,1-4H3,(H,25,27). The van der Waals surface area contributed by atoms with Gasteiger partial charge in [-0.2, -0.15) is 4.31 Å². The van der Waals surface area contributed by atoms with Gasteiger partial charge in [-0.1, -0.05) is 6.07 Å². The van der Waals surface area contributed by atoms with Crippen LogP contribution in [0.5, 0.6) is 0 Å². The van der Waals surface area contributed by atoms with Crippen LogP contribution in [0.1, 0.15) is 35.1 Å². The van der Waals surface area contributed by atoms with E-state index in [4.69, 9.17) is 0 Å². The van der Waals surface area contributed by atoms with Crippen LogP contribution >= 0.6 is 0 Å². The molecule has 0 saturated carbocycles. The van der Waals surface area contributed by atoms with Crippen LogP contribution < -0.4 is 5.32 Å². The first-order valence-corrected chi connectivity index (χ1v) is 11.3. The van der Waals surface area contributed by atoms with Crippen LogP contribution in [-0.4, -0.2) is 31.7 Å². The third kappa shape index (κ3) is 4.25. The highest BCUT2D eigenvalue weighted by Gasteiger charge is 2.34. The first kappa shape index (κ1) is 22.4. The smallest absolute Gasteiger partial charge is 0.243 e. The second kappa shape index (κ2) is 8.43. The Morgan fingerprint density at radius 2 is 1.57 bits per heavy atom. The molecule has 0 unspecified atom stereocenters. The van der Waals surface area contributed by atoms with E-state index in [1.165, 1.54) is 4.31 Å². The van der Waals surface area contributed by atoms with Crippen molar-refractivity contribution in [2.24, 2.45) is 5.92 Å². The number of amides is 1. The van der Waals surface area contributed by atoms with Crippen molar-refractivity contribution in [3.8, 4) is 0 Å². The quantitative estimate of drug-likeness (QED) is 0.780. The summed E-state index contributed by atoms with van der Waals surface area (Å²) in [7, 11) is -3.70. The molecule has 5 nitrogen and oxygen atoms in total. The molecule has 0 aromatic heterocycles. The number of sulfonamides is 1. The molecule has 0 aliphatic carbocycles. The van der Waals surface area contributed by atoms with E-state index < -0.39 is 33.5 Å². The first-order chi connectivity index (χ1) is 14.0. The van der Waals surface area contributed by atoms with Gasteiger partial charge in [0.1, 0.15) is 11.6 Å². The molecule has 0 radical (unpaired) electrons. The maximum Gasteiger partial charge on any atom is 0.243 e. The largest absolute Gasteiger partial charge is 0.323 e. The molecule has 2 aromatic carbocycles. The molecule has 0 spiro atoms. The van der Waals surface area contributed by atoms with E-state index in [1.54, 1.807) is 0 Å². The number of halogens is 2. The Hall–Kier alpha value is -2.32. The highest BCUT2D eigenvalue weighted by Crippen LogP contribution is 2.31. The lowest BCUT2D eigenvalue weighted by Gasteiger charge is -2.31. The maximum absolute atomic E-state index is 13.8. The Balaban J connectivity index is 1.74. The number of hydrogen-bond donors (Lipinski definition) is 1. The summed E-state index contributed by atoms with van der Waals surface area (Å²) in [5.74, 6) is -2.27. The molecule has 1 N–H and O–H groups in total. The zero-order valence-electron chi connectivity index (χ0n) is 17.6. The Bertz CT molecular complexity index is 1070. The Morgan fingerprint density at radius 3 is 2.13 bits per heavy atom. The normalized spacial score (nSPS) is 15.9. The number of hydrogen-bond acceptors (Lipinski definition) is 3. The van der Waals surface area contributed by atoms with Gasteiger partial charge in [0.2, 0.25) is 15.9 Å². The van der Waals surface area contributed by atoms with E-state index in [9.17, 15) is 22.0 Å². The summed E-state index contributed by atoms with van der Waals surface area (Å²) in [5, 5.41) is 2.42. The van der Waals surface area contributed by atoms with Gasteiger partial charge in [0.15, 0.2) is 0 Å². The molecule has 1 fully saturated rings. The number of nitrogens with one attached hydrogen (secondary N) is 1. The minimum absolute atomic E-state index is 0.192. The van der Waals surface area contributed by atoms with Gasteiger partial charge in [0.05, 0.1) is 10.6 Å². The van der Waals surface area contributed by atoms with Gasteiger partial charge < -0.3 is 5.32 Å². The predicted molar refractivity (Wildman–Crippen MR) is 112 cm³/mol. The van der Waals surface area contributed by atoms with Gasteiger partial charge in [0, 0.05) is 25.1 Å². The number of carbonyl (C=O) groups excluding carboxylic acids is 1. The van der Waals surface area contributed by atoms with E-state index in [2.05, 4.69) is 5.32 Å². The molecule has 1 aliphatic rings. The monoisotopic (exact) mass is 436 g/mol. The van der Waals surface area contributed by atoms with Gasteiger partial charge in [0.25, 0.3) is 0 Å². The molecule has 0 bridgehead atoms. The summed E-state index contributed by atoms with van der Waals surface area (Å²) < 4.78 is 55.1. The van der Waals surface area contributed by atoms with Gasteiger partial charge in [-0.15, -0.1) is 0 Å². The van der Waals surface area contributed by atoms with E-state index >= 15 is 0 Å². The van der Waals surface area contributed by atoms with Crippen LogP contribution in [0.15, 0.2) is 29.2 Å². The van der Waals surface area contributed by atoms with E-state index in [-0.39, 0.29) is 18.8 Å². The summed E-state index contributed by atoms with van der Waals surface area (Å²) in [6, 6.07) is 4.84. The third-order valence-electron chi connectivity index (χ3n) is 5.91. The molecule has 1 amide bonds. The summed E-state index contributed by atoms with van der Waals surface area (Å²) >= 11 is 0. The Labute approximate surface area is 176 Å². The summed E-state index contributed by atoms with van der Waals surface area (Å²) in [5.41, 5.74) is 3.10. The highest BCUT2D eigenvalue weighted by atomic mass is 32.2. The zero-order valence-corrected chi connectivity index (χ0v) is 18.4. The van der Waals surface area contributed by atoms with Crippen LogP contribution in [0.4, 0.5) is 14.5 Å². The minimum Gasteiger partial charge on any atom is -0.323 e. The Morgan fingerprint density at radius 1 is 1.00 bits per heavy atom. The van der Waals surface area contributed by atoms with Crippen molar-refractivity contribution in [3.63, 3.8) is 0 Å². The summed E-state index contributed by atoms with van der Waals surface area (Å²) in [6.07, 6.45) is 0.621. The average Bonchev–Trinajstić information content (AvgIpc) is 2.69. The van der Waals surface area contributed by atoms with E-state index in [1.807, 2.05) is 33.8 Å². The fourth-order valence-electron chi connectivity index (χ4n) is 3.88. The van der Waals surface area contributed by atoms with Crippen molar-refractivity contribution in [3.05, 3.63) is 58.2 Å². The number of benzene rings is 2. The average molecular weight is 437 g/mol. The molecule has 3 rings (SSSR count). The van der Waals surface area contributed by atoms with E-state index in [0.717, 1.165) is 40.5 Å². The van der Waals surface area contributed by atoms with E-state index in [0.29, 0.717) is 17.7 Å². The van der Waals surface area contributed by atoms with Gasteiger partial charge >= 0.3 is 0 Å². The van der Waals surface area contributed by atoms with Crippen molar-refractivity contribution in [1.82, 2.24) is 4.31 Å². The van der Waals surface area contributed by atoms with Crippen molar-refractivity contribution >= 4 is 21.6 Å². The molecule has 8 heteroatoms. The highest BCUT2D eigenvalue weighted by molar-refractivity contribution is 7.89. The predicted octanol–water partition coefficient (Wildman–Crippen LogP) is 4.24. The SMILES string of the molecule is Cc1cc(C)c(C)c(S(=O)(=O)N2CCC(C(=O)Nc3cc(F)ccc3F)CC2)c1C. The van der Waals surface area contributed by atoms with Crippen molar-refractivity contribution in [2.75, 3.05) is 18.4 Å². The zero-order chi connectivity index (χ0) is 22.2. The lowest BCUT2D eigenvalue weighted by atomic mass is 9.97. The molecule has 2 aromatic rings.